The first-order valence-corrected chi connectivity index (χ1v) is 7.44. The lowest BCUT2D eigenvalue weighted by atomic mass is 9.99. The second-order valence-corrected chi connectivity index (χ2v) is 5.74. The van der Waals surface area contributed by atoms with Gasteiger partial charge in [0.25, 0.3) is 0 Å². The minimum absolute atomic E-state index is 0.256. The Morgan fingerprint density at radius 3 is 2.43 bits per heavy atom. The zero-order valence-corrected chi connectivity index (χ0v) is 12.8. The van der Waals surface area contributed by atoms with Crippen molar-refractivity contribution in [2.45, 2.75) is 12.5 Å². The standard InChI is InChI=1S/C17H14Cl2N2/c18-14-6-3-7-15(19)13(14)10-16(20)17-12-5-2-1-4-11(12)8-9-21-17/h1-9,16H,10,20H2. The molecule has 0 amide bonds. The fourth-order valence-corrected chi connectivity index (χ4v) is 3.03. The highest BCUT2D eigenvalue weighted by molar-refractivity contribution is 6.36. The number of halogens is 2. The predicted molar refractivity (Wildman–Crippen MR) is 88.8 cm³/mol. The molecule has 0 saturated carbocycles. The summed E-state index contributed by atoms with van der Waals surface area (Å²) in [6.45, 7) is 0. The van der Waals surface area contributed by atoms with Crippen LogP contribution in [0.15, 0.2) is 54.7 Å². The molecule has 0 aliphatic rings. The summed E-state index contributed by atoms with van der Waals surface area (Å²) in [6, 6.07) is 15.3. The zero-order chi connectivity index (χ0) is 14.8. The lowest BCUT2D eigenvalue weighted by Crippen LogP contribution is -2.16. The van der Waals surface area contributed by atoms with Crippen LogP contribution in [0, 0.1) is 0 Å². The number of fused-ring (bicyclic) bond motifs is 1. The quantitative estimate of drug-likeness (QED) is 0.755. The lowest BCUT2D eigenvalue weighted by Gasteiger charge is -2.15. The summed E-state index contributed by atoms with van der Waals surface area (Å²) < 4.78 is 0. The van der Waals surface area contributed by atoms with Crippen molar-refractivity contribution in [3.05, 3.63) is 76.0 Å². The van der Waals surface area contributed by atoms with Gasteiger partial charge in [0, 0.05) is 21.6 Å². The average molecular weight is 317 g/mol. The van der Waals surface area contributed by atoms with Crippen LogP contribution in [0.3, 0.4) is 0 Å². The van der Waals surface area contributed by atoms with Crippen molar-refractivity contribution in [1.29, 1.82) is 0 Å². The van der Waals surface area contributed by atoms with Gasteiger partial charge in [-0.15, -0.1) is 0 Å². The summed E-state index contributed by atoms with van der Waals surface area (Å²) in [7, 11) is 0. The maximum absolute atomic E-state index is 6.35. The smallest absolute Gasteiger partial charge is 0.0652 e. The van der Waals surface area contributed by atoms with Gasteiger partial charge in [-0.05, 0) is 35.6 Å². The molecule has 3 rings (SSSR count). The van der Waals surface area contributed by atoms with Crippen LogP contribution in [0.25, 0.3) is 10.8 Å². The van der Waals surface area contributed by atoms with Gasteiger partial charge in [0.05, 0.1) is 11.7 Å². The summed E-state index contributed by atoms with van der Waals surface area (Å²) in [6.07, 6.45) is 2.34. The van der Waals surface area contributed by atoms with E-state index in [1.54, 1.807) is 6.20 Å². The van der Waals surface area contributed by atoms with E-state index in [9.17, 15) is 0 Å². The first kappa shape index (κ1) is 14.3. The van der Waals surface area contributed by atoms with Crippen LogP contribution >= 0.6 is 23.2 Å². The van der Waals surface area contributed by atoms with Gasteiger partial charge in [0.2, 0.25) is 0 Å². The van der Waals surface area contributed by atoms with Gasteiger partial charge < -0.3 is 5.73 Å². The van der Waals surface area contributed by atoms with Gasteiger partial charge >= 0.3 is 0 Å². The number of benzene rings is 2. The number of rotatable bonds is 3. The summed E-state index contributed by atoms with van der Waals surface area (Å²) in [5, 5.41) is 3.47. The van der Waals surface area contributed by atoms with Gasteiger partial charge in [0.15, 0.2) is 0 Å². The van der Waals surface area contributed by atoms with Crippen molar-refractivity contribution in [2.24, 2.45) is 5.73 Å². The molecule has 0 aliphatic heterocycles. The average Bonchev–Trinajstić information content (AvgIpc) is 2.50. The first-order chi connectivity index (χ1) is 10.2. The molecule has 0 radical (unpaired) electrons. The Balaban J connectivity index is 2.00. The van der Waals surface area contributed by atoms with Crippen LogP contribution in [0.5, 0.6) is 0 Å². The lowest BCUT2D eigenvalue weighted by molar-refractivity contribution is 0.704. The van der Waals surface area contributed by atoms with Crippen molar-refractivity contribution in [3.63, 3.8) is 0 Å². The summed E-state index contributed by atoms with van der Waals surface area (Å²) >= 11 is 12.4. The molecule has 0 bridgehead atoms. The topological polar surface area (TPSA) is 38.9 Å². The van der Waals surface area contributed by atoms with Crippen LogP contribution in [-0.2, 0) is 6.42 Å². The van der Waals surface area contributed by atoms with Gasteiger partial charge in [0.1, 0.15) is 0 Å². The van der Waals surface area contributed by atoms with Gasteiger partial charge in [-0.25, -0.2) is 0 Å². The van der Waals surface area contributed by atoms with E-state index in [-0.39, 0.29) is 6.04 Å². The normalized spacial score (nSPS) is 12.5. The second kappa shape index (κ2) is 6.02. The maximum Gasteiger partial charge on any atom is 0.0652 e. The molecule has 2 aromatic carbocycles. The van der Waals surface area contributed by atoms with Crippen molar-refractivity contribution in [2.75, 3.05) is 0 Å². The minimum Gasteiger partial charge on any atom is -0.322 e. The fraction of sp³-hybridized carbons (Fsp3) is 0.118. The Hall–Kier alpha value is -1.61. The van der Waals surface area contributed by atoms with Crippen molar-refractivity contribution >= 4 is 34.0 Å². The molecule has 1 unspecified atom stereocenters. The second-order valence-electron chi connectivity index (χ2n) is 4.93. The molecule has 1 heterocycles. The molecule has 106 valence electrons. The molecule has 1 aromatic heterocycles. The number of nitrogens with zero attached hydrogens (tertiary/aromatic N) is 1. The molecule has 0 spiro atoms. The molecular formula is C17H14Cl2N2. The highest BCUT2D eigenvalue weighted by Gasteiger charge is 2.15. The molecule has 3 aromatic rings. The number of nitrogens with two attached hydrogens (primary N) is 1. The predicted octanol–water partition coefficient (Wildman–Crippen LogP) is 4.78. The van der Waals surface area contributed by atoms with E-state index in [1.807, 2.05) is 42.5 Å². The highest BCUT2D eigenvalue weighted by Crippen LogP contribution is 2.30. The van der Waals surface area contributed by atoms with E-state index < -0.39 is 0 Å². The number of hydrogen-bond donors (Lipinski definition) is 1. The number of hydrogen-bond acceptors (Lipinski definition) is 2. The van der Waals surface area contributed by atoms with Crippen LogP contribution in [0.2, 0.25) is 10.0 Å². The Kier molecular flexibility index (Phi) is 4.11. The fourth-order valence-electron chi connectivity index (χ4n) is 2.48. The van der Waals surface area contributed by atoms with Crippen LogP contribution in [-0.4, -0.2) is 4.98 Å². The largest absolute Gasteiger partial charge is 0.322 e. The maximum atomic E-state index is 6.35. The Bertz CT molecular complexity index is 761. The Labute approximate surface area is 133 Å². The van der Waals surface area contributed by atoms with Crippen LogP contribution < -0.4 is 5.73 Å². The molecule has 0 saturated heterocycles. The highest BCUT2D eigenvalue weighted by atomic mass is 35.5. The molecule has 0 fully saturated rings. The third-order valence-electron chi connectivity index (χ3n) is 3.54. The van der Waals surface area contributed by atoms with Crippen molar-refractivity contribution in [1.82, 2.24) is 4.98 Å². The van der Waals surface area contributed by atoms with Crippen molar-refractivity contribution in [3.8, 4) is 0 Å². The summed E-state index contributed by atoms with van der Waals surface area (Å²) in [5.41, 5.74) is 8.08. The molecule has 2 N–H and O–H groups in total. The number of pyridine rings is 1. The summed E-state index contributed by atoms with van der Waals surface area (Å²) in [5.74, 6) is 0. The van der Waals surface area contributed by atoms with E-state index in [0.29, 0.717) is 16.5 Å². The summed E-state index contributed by atoms with van der Waals surface area (Å²) in [4.78, 5) is 4.45. The third-order valence-corrected chi connectivity index (χ3v) is 4.25. The first-order valence-electron chi connectivity index (χ1n) is 6.69. The van der Waals surface area contributed by atoms with Gasteiger partial charge in [-0.2, -0.15) is 0 Å². The zero-order valence-electron chi connectivity index (χ0n) is 11.3. The molecule has 2 nitrogen and oxygen atoms in total. The van der Waals surface area contributed by atoms with E-state index in [0.717, 1.165) is 22.0 Å². The molecule has 1 atom stereocenters. The number of aromatic nitrogens is 1. The minimum atomic E-state index is -0.256. The van der Waals surface area contributed by atoms with E-state index in [4.69, 9.17) is 28.9 Å². The molecular weight excluding hydrogens is 303 g/mol. The van der Waals surface area contributed by atoms with Crippen LogP contribution in [0.4, 0.5) is 0 Å². The van der Waals surface area contributed by atoms with E-state index in [2.05, 4.69) is 11.1 Å². The van der Waals surface area contributed by atoms with E-state index in [1.165, 1.54) is 0 Å². The Morgan fingerprint density at radius 2 is 1.67 bits per heavy atom. The molecule has 0 aliphatic carbocycles. The third kappa shape index (κ3) is 2.88. The SMILES string of the molecule is NC(Cc1c(Cl)cccc1Cl)c1nccc2ccccc12. The van der Waals surface area contributed by atoms with Crippen molar-refractivity contribution < 1.29 is 0 Å². The van der Waals surface area contributed by atoms with Gasteiger partial charge in [-0.3, -0.25) is 4.98 Å². The molecule has 4 heteroatoms. The van der Waals surface area contributed by atoms with Crippen LogP contribution in [0.1, 0.15) is 17.3 Å². The monoisotopic (exact) mass is 316 g/mol. The Morgan fingerprint density at radius 1 is 0.952 bits per heavy atom. The van der Waals surface area contributed by atoms with E-state index >= 15 is 0 Å². The van der Waals surface area contributed by atoms with Gasteiger partial charge in [-0.1, -0.05) is 53.5 Å². The molecule has 21 heavy (non-hydrogen) atoms.